The van der Waals surface area contributed by atoms with Gasteiger partial charge < -0.3 is 15.4 Å². The Morgan fingerprint density at radius 2 is 1.96 bits per heavy atom. The number of hydrogen-bond donors (Lipinski definition) is 2. The van der Waals surface area contributed by atoms with Gasteiger partial charge in [-0.05, 0) is 25.5 Å². The number of aliphatic imine (C=N–C) groups is 1. The number of nitrogens with one attached hydrogen (secondary N) is 2. The van der Waals surface area contributed by atoms with Crippen molar-refractivity contribution in [3.63, 3.8) is 0 Å². The van der Waals surface area contributed by atoms with Crippen molar-refractivity contribution < 1.29 is 4.74 Å². The third-order valence-electron chi connectivity index (χ3n) is 4.82. The van der Waals surface area contributed by atoms with Crippen molar-refractivity contribution in [2.45, 2.75) is 19.4 Å². The summed E-state index contributed by atoms with van der Waals surface area (Å²) in [5.74, 6) is 1.85. The largest absolute Gasteiger partial charge is 0.494 e. The Kier molecular flexibility index (Phi) is 6.94. The van der Waals surface area contributed by atoms with Crippen molar-refractivity contribution in [2.24, 2.45) is 4.99 Å². The molecular weight excluding hydrogens is 314 g/mol. The zero-order chi connectivity index (χ0) is 17.3. The molecule has 2 bridgehead atoms. The Balaban J connectivity index is 1.37. The minimum Gasteiger partial charge on any atom is -0.494 e. The lowest BCUT2D eigenvalue weighted by Gasteiger charge is -2.47. The lowest BCUT2D eigenvalue weighted by atomic mass is 10.1. The Morgan fingerprint density at radius 3 is 2.64 bits per heavy atom. The highest BCUT2D eigenvalue weighted by Gasteiger charge is 2.31. The van der Waals surface area contributed by atoms with E-state index in [1.54, 1.807) is 0 Å². The first-order valence-electron chi connectivity index (χ1n) is 9.51. The normalized spacial score (nSPS) is 25.6. The van der Waals surface area contributed by atoms with E-state index < -0.39 is 0 Å². The topological polar surface area (TPSA) is 52.1 Å². The molecule has 3 aliphatic rings. The number of ether oxygens (including phenoxy) is 1. The molecule has 0 spiro atoms. The maximum atomic E-state index is 5.72. The van der Waals surface area contributed by atoms with E-state index in [0.29, 0.717) is 12.6 Å². The molecule has 1 aromatic carbocycles. The van der Waals surface area contributed by atoms with Crippen molar-refractivity contribution in [1.29, 1.82) is 0 Å². The minimum absolute atomic E-state index is 0.569. The Hall–Kier alpha value is -1.79. The Labute approximate surface area is 151 Å². The summed E-state index contributed by atoms with van der Waals surface area (Å²) >= 11 is 0. The van der Waals surface area contributed by atoms with Crippen molar-refractivity contribution in [3.8, 4) is 5.75 Å². The molecule has 0 saturated carbocycles. The van der Waals surface area contributed by atoms with E-state index in [1.807, 2.05) is 30.3 Å². The number of hydrogen-bond acceptors (Lipinski definition) is 4. The van der Waals surface area contributed by atoms with E-state index in [1.165, 1.54) is 26.2 Å². The summed E-state index contributed by atoms with van der Waals surface area (Å²) in [5.41, 5.74) is 0. The Morgan fingerprint density at radius 1 is 1.16 bits per heavy atom. The second-order valence-corrected chi connectivity index (χ2v) is 6.65. The van der Waals surface area contributed by atoms with E-state index in [-0.39, 0.29) is 0 Å². The number of piperazine rings is 3. The number of para-hydroxylation sites is 1. The van der Waals surface area contributed by atoms with Crippen molar-refractivity contribution in [1.82, 2.24) is 20.4 Å². The van der Waals surface area contributed by atoms with E-state index in [4.69, 9.17) is 9.73 Å². The molecule has 3 saturated heterocycles. The zero-order valence-electron chi connectivity index (χ0n) is 15.3. The quantitative estimate of drug-likeness (QED) is 0.418. The Bertz CT molecular complexity index is 528. The summed E-state index contributed by atoms with van der Waals surface area (Å²) in [4.78, 5) is 9.94. The first kappa shape index (κ1) is 18.0. The second-order valence-electron chi connectivity index (χ2n) is 6.65. The maximum absolute atomic E-state index is 5.72. The second kappa shape index (κ2) is 9.63. The summed E-state index contributed by atoms with van der Waals surface area (Å²) < 4.78 is 5.72. The maximum Gasteiger partial charge on any atom is 0.191 e. The van der Waals surface area contributed by atoms with Gasteiger partial charge in [0.2, 0.25) is 0 Å². The molecule has 0 aliphatic carbocycles. The molecule has 4 rings (SSSR count). The lowest BCUT2D eigenvalue weighted by Crippen LogP contribution is -2.62. The van der Waals surface area contributed by atoms with Crippen molar-refractivity contribution >= 4 is 5.96 Å². The lowest BCUT2D eigenvalue weighted by molar-refractivity contribution is 0.0174. The van der Waals surface area contributed by atoms with Gasteiger partial charge in [0, 0.05) is 51.9 Å². The summed E-state index contributed by atoms with van der Waals surface area (Å²) in [7, 11) is 0. The highest BCUT2D eigenvalue weighted by molar-refractivity contribution is 5.79. The number of fused-ring (bicyclic) bond motifs is 3. The molecule has 1 atom stereocenters. The average molecular weight is 345 g/mol. The van der Waals surface area contributed by atoms with Gasteiger partial charge in [-0.1, -0.05) is 18.2 Å². The molecule has 2 N–H and O–H groups in total. The fourth-order valence-electron chi connectivity index (χ4n) is 3.42. The van der Waals surface area contributed by atoms with Crippen LogP contribution in [0.2, 0.25) is 0 Å². The summed E-state index contributed by atoms with van der Waals surface area (Å²) in [6, 6.07) is 10.5. The van der Waals surface area contributed by atoms with Gasteiger partial charge in [-0.15, -0.1) is 0 Å². The van der Waals surface area contributed by atoms with Crippen LogP contribution in [0.3, 0.4) is 0 Å². The molecule has 3 heterocycles. The van der Waals surface area contributed by atoms with Crippen LogP contribution in [-0.4, -0.2) is 80.8 Å². The van der Waals surface area contributed by atoms with Crippen LogP contribution in [0, 0.1) is 0 Å². The van der Waals surface area contributed by atoms with Gasteiger partial charge in [-0.3, -0.25) is 14.8 Å². The number of rotatable bonds is 8. The zero-order valence-corrected chi connectivity index (χ0v) is 15.3. The van der Waals surface area contributed by atoms with Crippen LogP contribution in [0.15, 0.2) is 35.3 Å². The average Bonchev–Trinajstić information content (AvgIpc) is 2.67. The van der Waals surface area contributed by atoms with E-state index in [2.05, 4.69) is 27.4 Å². The fourth-order valence-corrected chi connectivity index (χ4v) is 3.42. The van der Waals surface area contributed by atoms with Crippen LogP contribution in [0.5, 0.6) is 5.75 Å². The highest BCUT2D eigenvalue weighted by atomic mass is 16.5. The van der Waals surface area contributed by atoms with Gasteiger partial charge in [0.1, 0.15) is 5.75 Å². The fraction of sp³-hybridized carbons (Fsp3) is 0.632. The summed E-state index contributed by atoms with van der Waals surface area (Å²) in [6.07, 6.45) is 0.947. The molecule has 0 aromatic heterocycles. The van der Waals surface area contributed by atoms with Crippen LogP contribution in [0.25, 0.3) is 0 Å². The molecule has 0 radical (unpaired) electrons. The predicted octanol–water partition coefficient (Wildman–Crippen LogP) is 1.01. The molecule has 3 fully saturated rings. The van der Waals surface area contributed by atoms with Crippen LogP contribution in [0.1, 0.15) is 13.3 Å². The van der Waals surface area contributed by atoms with Crippen LogP contribution < -0.4 is 15.4 Å². The number of benzene rings is 1. The third-order valence-corrected chi connectivity index (χ3v) is 4.82. The first-order valence-corrected chi connectivity index (χ1v) is 9.51. The first-order chi connectivity index (χ1) is 12.3. The van der Waals surface area contributed by atoms with Crippen molar-refractivity contribution in [3.05, 3.63) is 30.3 Å². The molecule has 1 unspecified atom stereocenters. The molecule has 138 valence electrons. The monoisotopic (exact) mass is 345 g/mol. The van der Waals surface area contributed by atoms with Gasteiger partial charge in [0.05, 0.1) is 13.2 Å². The standard InChI is InChI=1S/C19H31N5O/c1-2-20-19(21-9-6-14-25-18-7-4-3-5-8-18)22-15-17-16-23-10-12-24(17)13-11-23/h3-5,7-8,17H,2,6,9-16H2,1H3,(H2,20,21,22). The van der Waals surface area contributed by atoms with Gasteiger partial charge in [-0.25, -0.2) is 0 Å². The molecule has 1 aromatic rings. The predicted molar refractivity (Wildman–Crippen MR) is 102 cm³/mol. The van der Waals surface area contributed by atoms with Crippen LogP contribution in [0.4, 0.5) is 0 Å². The van der Waals surface area contributed by atoms with E-state index in [0.717, 1.165) is 44.3 Å². The molecule has 3 aliphatic heterocycles. The number of nitrogens with zero attached hydrogens (tertiary/aromatic N) is 3. The van der Waals surface area contributed by atoms with E-state index in [9.17, 15) is 0 Å². The molecule has 6 nitrogen and oxygen atoms in total. The van der Waals surface area contributed by atoms with Crippen LogP contribution >= 0.6 is 0 Å². The SMILES string of the molecule is CCNC(=NCC1CN2CCN1CC2)NCCCOc1ccccc1. The van der Waals surface area contributed by atoms with Crippen LogP contribution in [-0.2, 0) is 0 Å². The van der Waals surface area contributed by atoms with Gasteiger partial charge in [-0.2, -0.15) is 0 Å². The smallest absolute Gasteiger partial charge is 0.191 e. The molecule has 6 heteroatoms. The van der Waals surface area contributed by atoms with Gasteiger partial charge in [0.25, 0.3) is 0 Å². The number of guanidine groups is 1. The summed E-state index contributed by atoms with van der Waals surface area (Å²) in [5, 5.41) is 6.76. The highest BCUT2D eigenvalue weighted by Crippen LogP contribution is 2.15. The van der Waals surface area contributed by atoms with Gasteiger partial charge in [0.15, 0.2) is 5.96 Å². The van der Waals surface area contributed by atoms with Crippen molar-refractivity contribution in [2.75, 3.05) is 59.0 Å². The van der Waals surface area contributed by atoms with E-state index >= 15 is 0 Å². The molecular formula is C19H31N5O. The summed E-state index contributed by atoms with van der Waals surface area (Å²) in [6.45, 7) is 11.4. The van der Waals surface area contributed by atoms with Gasteiger partial charge >= 0.3 is 0 Å². The minimum atomic E-state index is 0.569. The molecule has 0 amide bonds. The molecule has 25 heavy (non-hydrogen) atoms. The third kappa shape index (κ3) is 5.61.